The van der Waals surface area contributed by atoms with E-state index in [0.29, 0.717) is 28.7 Å². The number of hydrogen-bond acceptors (Lipinski definition) is 5. The van der Waals surface area contributed by atoms with E-state index in [-0.39, 0.29) is 17.4 Å². The topological polar surface area (TPSA) is 76.1 Å². The van der Waals surface area contributed by atoms with Crippen molar-refractivity contribution in [2.24, 2.45) is 0 Å². The standard InChI is InChI=1S/C25H26ClNO5/c1-3-32-18-10-6-7-15(13-18)22-21(23(28)16-11-12-20(31-2)19(26)14-16)24(29)25(30)27(22)17-8-4-5-9-17/h6-7,10-14,17,22,28H,3-5,8-9H2,1-2H3/b23-21+. The maximum atomic E-state index is 13.2. The summed E-state index contributed by atoms with van der Waals surface area (Å²) in [6, 6.07) is 11.4. The van der Waals surface area contributed by atoms with Crippen LogP contribution >= 0.6 is 11.6 Å². The van der Waals surface area contributed by atoms with Gasteiger partial charge >= 0.3 is 0 Å². The average Bonchev–Trinajstić information content (AvgIpc) is 3.40. The third kappa shape index (κ3) is 3.95. The van der Waals surface area contributed by atoms with Crippen LogP contribution in [0.5, 0.6) is 11.5 Å². The van der Waals surface area contributed by atoms with E-state index in [4.69, 9.17) is 21.1 Å². The monoisotopic (exact) mass is 455 g/mol. The van der Waals surface area contributed by atoms with E-state index in [1.807, 2.05) is 31.2 Å². The number of likely N-dealkylation sites (tertiary alicyclic amines) is 1. The lowest BCUT2D eigenvalue weighted by Crippen LogP contribution is -2.37. The van der Waals surface area contributed by atoms with Crippen LogP contribution < -0.4 is 9.47 Å². The first-order valence-electron chi connectivity index (χ1n) is 10.8. The second-order valence-electron chi connectivity index (χ2n) is 8.00. The summed E-state index contributed by atoms with van der Waals surface area (Å²) in [4.78, 5) is 28.0. The van der Waals surface area contributed by atoms with Crippen molar-refractivity contribution in [1.82, 2.24) is 4.90 Å². The Morgan fingerprint density at radius 2 is 1.91 bits per heavy atom. The van der Waals surface area contributed by atoms with Gasteiger partial charge in [-0.3, -0.25) is 9.59 Å². The molecule has 1 aliphatic carbocycles. The summed E-state index contributed by atoms with van der Waals surface area (Å²) < 4.78 is 10.8. The van der Waals surface area contributed by atoms with Gasteiger partial charge < -0.3 is 19.5 Å². The van der Waals surface area contributed by atoms with E-state index in [9.17, 15) is 14.7 Å². The molecule has 1 amide bonds. The number of aliphatic hydroxyl groups is 1. The number of benzene rings is 2. The third-order valence-electron chi connectivity index (χ3n) is 6.11. The number of rotatable bonds is 6. The van der Waals surface area contributed by atoms with Gasteiger partial charge in [-0.15, -0.1) is 0 Å². The molecule has 1 saturated heterocycles. The molecule has 0 bridgehead atoms. The molecule has 1 aliphatic heterocycles. The van der Waals surface area contributed by atoms with Gasteiger partial charge in [-0.25, -0.2) is 0 Å². The highest BCUT2D eigenvalue weighted by atomic mass is 35.5. The molecular formula is C25H26ClNO5. The minimum absolute atomic E-state index is 0.0445. The van der Waals surface area contributed by atoms with Gasteiger partial charge in [0, 0.05) is 11.6 Å². The molecule has 168 valence electrons. The number of hydrogen-bond donors (Lipinski definition) is 1. The number of Topliss-reactive ketones (excluding diaryl/α,β-unsaturated/α-hetero) is 1. The summed E-state index contributed by atoms with van der Waals surface area (Å²) in [7, 11) is 1.50. The third-order valence-corrected chi connectivity index (χ3v) is 6.40. The number of aliphatic hydroxyl groups excluding tert-OH is 1. The lowest BCUT2D eigenvalue weighted by Gasteiger charge is -2.31. The highest BCUT2D eigenvalue weighted by molar-refractivity contribution is 6.46. The molecule has 1 heterocycles. The van der Waals surface area contributed by atoms with Crippen LogP contribution in [-0.4, -0.2) is 41.5 Å². The number of ether oxygens (including phenoxy) is 2. The average molecular weight is 456 g/mol. The second-order valence-corrected chi connectivity index (χ2v) is 8.41. The van der Waals surface area contributed by atoms with Crippen molar-refractivity contribution in [1.29, 1.82) is 0 Å². The Kier molecular flexibility index (Phi) is 6.42. The minimum atomic E-state index is -0.695. The van der Waals surface area contributed by atoms with Crippen LogP contribution in [0.25, 0.3) is 5.76 Å². The lowest BCUT2D eigenvalue weighted by molar-refractivity contribution is -0.141. The van der Waals surface area contributed by atoms with Gasteiger partial charge in [0.2, 0.25) is 0 Å². The van der Waals surface area contributed by atoms with Gasteiger partial charge in [0.05, 0.1) is 30.4 Å². The molecule has 1 atom stereocenters. The van der Waals surface area contributed by atoms with Crippen LogP contribution in [-0.2, 0) is 9.59 Å². The molecule has 0 aromatic heterocycles. The number of carbonyl (C=O) groups excluding carboxylic acids is 2. The van der Waals surface area contributed by atoms with Gasteiger partial charge in [0.25, 0.3) is 11.7 Å². The van der Waals surface area contributed by atoms with Crippen LogP contribution in [0.3, 0.4) is 0 Å². The SMILES string of the molecule is CCOc1cccc(C2/C(=C(\O)c3ccc(OC)c(Cl)c3)C(=O)C(=O)N2C2CCCC2)c1. The van der Waals surface area contributed by atoms with Crippen LogP contribution in [0.15, 0.2) is 48.0 Å². The van der Waals surface area contributed by atoms with Gasteiger partial charge in [-0.2, -0.15) is 0 Å². The predicted molar refractivity (Wildman–Crippen MR) is 122 cm³/mol. The maximum Gasteiger partial charge on any atom is 0.295 e. The van der Waals surface area contributed by atoms with Crippen molar-refractivity contribution in [3.8, 4) is 11.5 Å². The maximum absolute atomic E-state index is 13.2. The zero-order valence-corrected chi connectivity index (χ0v) is 18.9. The van der Waals surface area contributed by atoms with Gasteiger partial charge in [0.1, 0.15) is 17.3 Å². The van der Waals surface area contributed by atoms with Gasteiger partial charge in [-0.05, 0) is 55.7 Å². The van der Waals surface area contributed by atoms with E-state index in [1.54, 1.807) is 17.0 Å². The summed E-state index contributed by atoms with van der Waals surface area (Å²) >= 11 is 6.25. The number of halogens is 1. The second kappa shape index (κ2) is 9.25. The smallest absolute Gasteiger partial charge is 0.295 e. The lowest BCUT2D eigenvalue weighted by atomic mass is 9.94. The number of carbonyl (C=O) groups is 2. The van der Waals surface area contributed by atoms with E-state index in [0.717, 1.165) is 31.2 Å². The summed E-state index contributed by atoms with van der Waals surface area (Å²) in [6.07, 6.45) is 3.69. The first-order valence-corrected chi connectivity index (χ1v) is 11.2. The summed E-state index contributed by atoms with van der Waals surface area (Å²) in [5.41, 5.74) is 1.14. The fourth-order valence-corrected chi connectivity index (χ4v) is 4.90. The van der Waals surface area contributed by atoms with Crippen LogP contribution in [0, 0.1) is 0 Å². The van der Waals surface area contributed by atoms with Crippen LogP contribution in [0.1, 0.15) is 49.8 Å². The Labute approximate surface area is 192 Å². The molecular weight excluding hydrogens is 430 g/mol. The minimum Gasteiger partial charge on any atom is -0.507 e. The number of nitrogens with zero attached hydrogens (tertiary/aromatic N) is 1. The highest BCUT2D eigenvalue weighted by Crippen LogP contribution is 2.44. The Bertz CT molecular complexity index is 1070. The molecule has 1 unspecified atom stereocenters. The summed E-state index contributed by atoms with van der Waals surface area (Å²) in [6.45, 7) is 2.39. The van der Waals surface area contributed by atoms with Crippen molar-refractivity contribution >= 4 is 29.1 Å². The molecule has 6 nitrogen and oxygen atoms in total. The van der Waals surface area contributed by atoms with Gasteiger partial charge in [-0.1, -0.05) is 36.6 Å². The molecule has 4 rings (SSSR count). The first-order chi connectivity index (χ1) is 15.5. The predicted octanol–water partition coefficient (Wildman–Crippen LogP) is 5.11. The fourth-order valence-electron chi connectivity index (χ4n) is 4.65. The molecule has 2 aromatic rings. The van der Waals surface area contributed by atoms with E-state index in [2.05, 4.69) is 0 Å². The normalized spacial score (nSPS) is 20.7. The van der Waals surface area contributed by atoms with Crippen molar-refractivity contribution in [2.75, 3.05) is 13.7 Å². The van der Waals surface area contributed by atoms with E-state index in [1.165, 1.54) is 13.2 Å². The van der Waals surface area contributed by atoms with E-state index >= 15 is 0 Å². The zero-order valence-electron chi connectivity index (χ0n) is 18.1. The molecule has 2 aromatic carbocycles. The Morgan fingerprint density at radius 3 is 2.56 bits per heavy atom. The number of ketones is 1. The Balaban J connectivity index is 1.87. The summed E-state index contributed by atoms with van der Waals surface area (Å²) in [5.74, 6) is -0.414. The Hall–Kier alpha value is -2.99. The van der Waals surface area contributed by atoms with Crippen molar-refractivity contribution < 1.29 is 24.2 Å². The molecule has 2 fully saturated rings. The van der Waals surface area contributed by atoms with Gasteiger partial charge in [0.15, 0.2) is 0 Å². The molecule has 7 heteroatoms. The zero-order chi connectivity index (χ0) is 22.8. The molecule has 0 radical (unpaired) electrons. The summed E-state index contributed by atoms with van der Waals surface area (Å²) in [5, 5.41) is 11.5. The fraction of sp³-hybridized carbons (Fsp3) is 0.360. The number of amides is 1. The van der Waals surface area contributed by atoms with Crippen LogP contribution in [0.2, 0.25) is 5.02 Å². The quantitative estimate of drug-likeness (QED) is 0.372. The molecule has 2 aliphatic rings. The molecule has 32 heavy (non-hydrogen) atoms. The molecule has 0 spiro atoms. The van der Waals surface area contributed by atoms with Crippen molar-refractivity contribution in [2.45, 2.75) is 44.7 Å². The molecule has 1 N–H and O–H groups in total. The van der Waals surface area contributed by atoms with Crippen molar-refractivity contribution in [3.63, 3.8) is 0 Å². The van der Waals surface area contributed by atoms with Crippen LogP contribution in [0.4, 0.5) is 0 Å². The van der Waals surface area contributed by atoms with Crippen molar-refractivity contribution in [3.05, 3.63) is 64.2 Å². The Morgan fingerprint density at radius 1 is 1.16 bits per heavy atom. The first kappa shape index (κ1) is 22.2. The largest absolute Gasteiger partial charge is 0.507 e. The molecule has 1 saturated carbocycles. The number of methoxy groups -OCH3 is 1. The highest BCUT2D eigenvalue weighted by Gasteiger charge is 2.49. The van der Waals surface area contributed by atoms with E-state index < -0.39 is 17.7 Å².